The number of rotatable bonds is 4. The average Bonchev–Trinajstić information content (AvgIpc) is 2.91. The molecule has 2 rings (SSSR count). The number of nitrogens with one attached hydrogen (secondary N) is 1. The molecular weight excluding hydrogens is 274 g/mol. The summed E-state index contributed by atoms with van der Waals surface area (Å²) in [5, 5.41) is 2.90. The molecule has 1 heterocycles. The molecule has 1 saturated heterocycles. The van der Waals surface area contributed by atoms with Crippen molar-refractivity contribution in [1.29, 1.82) is 0 Å². The first-order chi connectivity index (χ1) is 9.08. The molecule has 1 aliphatic heterocycles. The number of nitrogens with zero attached hydrogens (tertiary/aromatic N) is 1. The van der Waals surface area contributed by atoms with Crippen molar-refractivity contribution >= 4 is 29.7 Å². The van der Waals surface area contributed by atoms with E-state index in [1.807, 2.05) is 32.0 Å². The lowest BCUT2D eigenvalue weighted by atomic mass is 10.0. The summed E-state index contributed by atoms with van der Waals surface area (Å²) < 4.78 is 0. The molecule has 1 aromatic carbocycles. The minimum Gasteiger partial charge on any atom is -0.371 e. The fraction of sp³-hybridized carbons (Fsp3) is 0.533. The largest absolute Gasteiger partial charge is 0.371 e. The van der Waals surface area contributed by atoms with Crippen molar-refractivity contribution in [3.8, 4) is 0 Å². The monoisotopic (exact) mass is 297 g/mol. The standard InChI is InChI=1S/C15H23N3O.ClH/c1-11(2)14(16)15(19)17-12-6-5-7-13(10-12)18-8-3-4-9-18;/h5-7,10-11,14H,3-4,8-9,16H2,1-2H3,(H,17,19);1H/t14-;/m0./s1. The number of nitrogens with two attached hydrogens (primary N) is 1. The van der Waals surface area contributed by atoms with E-state index in [4.69, 9.17) is 5.73 Å². The molecule has 1 fully saturated rings. The van der Waals surface area contributed by atoms with Gasteiger partial charge in [0.25, 0.3) is 0 Å². The summed E-state index contributed by atoms with van der Waals surface area (Å²) in [5.41, 5.74) is 7.84. The van der Waals surface area contributed by atoms with E-state index in [0.29, 0.717) is 0 Å². The summed E-state index contributed by atoms with van der Waals surface area (Å²) >= 11 is 0. The van der Waals surface area contributed by atoms with Gasteiger partial charge in [0.15, 0.2) is 0 Å². The van der Waals surface area contributed by atoms with Gasteiger partial charge >= 0.3 is 0 Å². The van der Waals surface area contributed by atoms with Crippen molar-refractivity contribution in [2.75, 3.05) is 23.3 Å². The van der Waals surface area contributed by atoms with Gasteiger partial charge in [0.05, 0.1) is 6.04 Å². The van der Waals surface area contributed by atoms with Crippen LogP contribution < -0.4 is 16.0 Å². The Morgan fingerprint density at radius 1 is 1.30 bits per heavy atom. The lowest BCUT2D eigenvalue weighted by molar-refractivity contribution is -0.118. The predicted octanol–water partition coefficient (Wildman–Crippen LogP) is 2.63. The Balaban J connectivity index is 0.00000200. The van der Waals surface area contributed by atoms with Crippen LogP contribution in [0.3, 0.4) is 0 Å². The van der Waals surface area contributed by atoms with Gasteiger partial charge in [0.2, 0.25) is 5.91 Å². The van der Waals surface area contributed by atoms with E-state index in [2.05, 4.69) is 16.3 Å². The molecule has 1 atom stereocenters. The molecule has 1 amide bonds. The van der Waals surface area contributed by atoms with Crippen LogP contribution in [0.25, 0.3) is 0 Å². The second-order valence-corrected chi connectivity index (χ2v) is 5.50. The van der Waals surface area contributed by atoms with Gasteiger partial charge in [-0.2, -0.15) is 0 Å². The van der Waals surface area contributed by atoms with Gasteiger partial charge in [-0.1, -0.05) is 19.9 Å². The fourth-order valence-electron chi connectivity index (χ4n) is 2.28. The van der Waals surface area contributed by atoms with Crippen LogP contribution in [0.4, 0.5) is 11.4 Å². The molecule has 1 aromatic rings. The number of anilines is 2. The zero-order chi connectivity index (χ0) is 13.8. The van der Waals surface area contributed by atoms with Crippen LogP contribution in [-0.2, 0) is 4.79 Å². The summed E-state index contributed by atoms with van der Waals surface area (Å²) in [6.07, 6.45) is 2.49. The number of hydrogen-bond donors (Lipinski definition) is 2. The molecule has 0 aliphatic carbocycles. The summed E-state index contributed by atoms with van der Waals surface area (Å²) in [7, 11) is 0. The van der Waals surface area contributed by atoms with E-state index in [9.17, 15) is 4.79 Å². The zero-order valence-electron chi connectivity index (χ0n) is 12.1. The van der Waals surface area contributed by atoms with E-state index in [1.165, 1.54) is 18.5 Å². The minimum absolute atomic E-state index is 0. The van der Waals surface area contributed by atoms with Crippen molar-refractivity contribution in [2.24, 2.45) is 11.7 Å². The molecule has 0 saturated carbocycles. The van der Waals surface area contributed by atoms with Crippen LogP contribution in [0, 0.1) is 5.92 Å². The normalized spacial score (nSPS) is 15.9. The van der Waals surface area contributed by atoms with E-state index >= 15 is 0 Å². The fourth-order valence-corrected chi connectivity index (χ4v) is 2.28. The Labute approximate surface area is 127 Å². The first-order valence-corrected chi connectivity index (χ1v) is 6.99. The van der Waals surface area contributed by atoms with E-state index < -0.39 is 6.04 Å². The van der Waals surface area contributed by atoms with Crippen LogP contribution >= 0.6 is 12.4 Å². The lowest BCUT2D eigenvalue weighted by Crippen LogP contribution is -2.39. The molecule has 112 valence electrons. The number of benzene rings is 1. The van der Waals surface area contributed by atoms with Crippen LogP contribution in [0.2, 0.25) is 0 Å². The third-order valence-corrected chi connectivity index (χ3v) is 3.61. The molecule has 4 nitrogen and oxygen atoms in total. The molecule has 3 N–H and O–H groups in total. The maximum atomic E-state index is 11.9. The van der Waals surface area contributed by atoms with Crippen LogP contribution in [0.15, 0.2) is 24.3 Å². The second kappa shape index (κ2) is 7.50. The molecule has 0 spiro atoms. The van der Waals surface area contributed by atoms with Crippen molar-refractivity contribution in [3.05, 3.63) is 24.3 Å². The highest BCUT2D eigenvalue weighted by atomic mass is 35.5. The van der Waals surface area contributed by atoms with Gasteiger partial charge < -0.3 is 16.0 Å². The number of carbonyl (C=O) groups is 1. The van der Waals surface area contributed by atoms with Crippen molar-refractivity contribution in [2.45, 2.75) is 32.7 Å². The highest BCUT2D eigenvalue weighted by Crippen LogP contribution is 2.23. The first-order valence-electron chi connectivity index (χ1n) is 6.99. The zero-order valence-corrected chi connectivity index (χ0v) is 13.0. The van der Waals surface area contributed by atoms with Crippen molar-refractivity contribution < 1.29 is 4.79 Å². The minimum atomic E-state index is -0.463. The average molecular weight is 298 g/mol. The predicted molar refractivity (Wildman–Crippen MR) is 86.6 cm³/mol. The Morgan fingerprint density at radius 2 is 1.95 bits per heavy atom. The van der Waals surface area contributed by atoms with E-state index in [0.717, 1.165) is 18.8 Å². The second-order valence-electron chi connectivity index (χ2n) is 5.50. The first kappa shape index (κ1) is 16.8. The van der Waals surface area contributed by atoms with Crippen molar-refractivity contribution in [1.82, 2.24) is 0 Å². The summed E-state index contributed by atoms with van der Waals surface area (Å²) in [6.45, 7) is 6.10. The van der Waals surface area contributed by atoms with Gasteiger partial charge in [0.1, 0.15) is 0 Å². The maximum Gasteiger partial charge on any atom is 0.241 e. The summed E-state index contributed by atoms with van der Waals surface area (Å²) in [6, 6.07) is 7.53. The third-order valence-electron chi connectivity index (χ3n) is 3.61. The van der Waals surface area contributed by atoms with Crippen LogP contribution in [0.5, 0.6) is 0 Å². The number of halogens is 1. The molecule has 20 heavy (non-hydrogen) atoms. The summed E-state index contributed by atoms with van der Waals surface area (Å²) in [4.78, 5) is 14.3. The Kier molecular flexibility index (Phi) is 6.30. The van der Waals surface area contributed by atoms with Gasteiger partial charge in [0, 0.05) is 24.5 Å². The van der Waals surface area contributed by atoms with E-state index in [-0.39, 0.29) is 24.2 Å². The molecule has 0 bridgehead atoms. The number of amides is 1. The molecule has 5 heteroatoms. The Bertz CT molecular complexity index is 444. The topological polar surface area (TPSA) is 58.4 Å². The van der Waals surface area contributed by atoms with Gasteiger partial charge in [-0.15, -0.1) is 12.4 Å². The highest BCUT2D eigenvalue weighted by Gasteiger charge is 2.18. The maximum absolute atomic E-state index is 11.9. The Hall–Kier alpha value is -1.26. The molecule has 1 aliphatic rings. The molecular formula is C15H24ClN3O. The van der Waals surface area contributed by atoms with Gasteiger partial charge in [-0.3, -0.25) is 4.79 Å². The smallest absolute Gasteiger partial charge is 0.241 e. The Morgan fingerprint density at radius 3 is 2.55 bits per heavy atom. The molecule has 0 radical (unpaired) electrons. The number of hydrogen-bond acceptors (Lipinski definition) is 3. The number of carbonyl (C=O) groups excluding carboxylic acids is 1. The van der Waals surface area contributed by atoms with Crippen LogP contribution in [0.1, 0.15) is 26.7 Å². The van der Waals surface area contributed by atoms with Crippen LogP contribution in [-0.4, -0.2) is 25.0 Å². The quantitative estimate of drug-likeness (QED) is 0.898. The molecule has 0 unspecified atom stereocenters. The lowest BCUT2D eigenvalue weighted by Gasteiger charge is -2.19. The van der Waals surface area contributed by atoms with Crippen molar-refractivity contribution in [3.63, 3.8) is 0 Å². The van der Waals surface area contributed by atoms with Gasteiger partial charge in [-0.05, 0) is 37.0 Å². The molecule has 0 aromatic heterocycles. The highest BCUT2D eigenvalue weighted by molar-refractivity contribution is 5.95. The van der Waals surface area contributed by atoms with Gasteiger partial charge in [-0.25, -0.2) is 0 Å². The third kappa shape index (κ3) is 4.12. The van der Waals surface area contributed by atoms with E-state index in [1.54, 1.807) is 0 Å². The SMILES string of the molecule is CC(C)[C@H](N)C(=O)Nc1cccc(N2CCCC2)c1.Cl. The summed E-state index contributed by atoms with van der Waals surface area (Å²) in [5.74, 6) is 0.0235.